The van der Waals surface area contributed by atoms with Crippen molar-refractivity contribution in [2.75, 3.05) is 13.2 Å². The fourth-order valence-corrected chi connectivity index (χ4v) is 6.54. The second-order valence-corrected chi connectivity index (χ2v) is 12.6. The summed E-state index contributed by atoms with van der Waals surface area (Å²) in [4.78, 5) is 2.25. The van der Waals surface area contributed by atoms with Gasteiger partial charge < -0.3 is 14.7 Å². The number of nitrogens with two attached hydrogens (primary N) is 1. The molecule has 6 nitrogen and oxygen atoms in total. The van der Waals surface area contributed by atoms with Crippen molar-refractivity contribution in [3.63, 3.8) is 0 Å². The van der Waals surface area contributed by atoms with Gasteiger partial charge in [-0.15, -0.1) is 0 Å². The van der Waals surface area contributed by atoms with Gasteiger partial charge in [-0.2, -0.15) is 0 Å². The van der Waals surface area contributed by atoms with E-state index in [1.54, 1.807) is 0 Å². The first kappa shape index (κ1) is 23.6. The molecular formula is C25H38N2O4S. The molecule has 0 bridgehead atoms. The fourth-order valence-electron chi connectivity index (χ4n) is 5.52. The topological polar surface area (TPSA) is 92.9 Å². The van der Waals surface area contributed by atoms with Crippen LogP contribution in [0.25, 0.3) is 5.70 Å². The molecule has 4 rings (SSSR count). The molecule has 32 heavy (non-hydrogen) atoms. The molecule has 3 unspecified atom stereocenters. The molecule has 7 heteroatoms. The van der Waals surface area contributed by atoms with Gasteiger partial charge in [0.05, 0.1) is 12.7 Å². The van der Waals surface area contributed by atoms with E-state index in [9.17, 15) is 13.5 Å². The van der Waals surface area contributed by atoms with E-state index in [1.807, 2.05) is 19.1 Å². The minimum Gasteiger partial charge on any atom is -0.493 e. The van der Waals surface area contributed by atoms with Crippen molar-refractivity contribution in [1.82, 2.24) is 4.90 Å². The Labute approximate surface area is 192 Å². The Bertz CT molecular complexity index is 990. The third-order valence-corrected chi connectivity index (χ3v) is 8.66. The number of fused-ring (bicyclic) bond motifs is 1. The van der Waals surface area contributed by atoms with Crippen LogP contribution in [0.15, 0.2) is 18.2 Å². The largest absolute Gasteiger partial charge is 0.493 e. The number of nitrogens with zero attached hydrogens (tertiary/aromatic N) is 1. The SMILES string of the molecule is CC1C(S(N)(=O)=O)C=C(c2cc3c(c(C(C)(C)C)c2)OCCC3O)N1CC1CCCCC1. The number of benzene rings is 1. The van der Waals surface area contributed by atoms with Crippen molar-refractivity contribution in [1.29, 1.82) is 0 Å². The number of primary sulfonamides is 1. The maximum Gasteiger partial charge on any atom is 0.217 e. The van der Waals surface area contributed by atoms with E-state index < -0.39 is 21.4 Å². The monoisotopic (exact) mass is 462 g/mol. The molecule has 0 saturated heterocycles. The molecule has 1 aromatic carbocycles. The Kier molecular flexibility index (Phi) is 6.38. The Morgan fingerprint density at radius 2 is 1.84 bits per heavy atom. The molecule has 3 atom stereocenters. The van der Waals surface area contributed by atoms with Crippen LogP contribution in [0, 0.1) is 5.92 Å². The van der Waals surface area contributed by atoms with Gasteiger partial charge in [-0.3, -0.25) is 0 Å². The molecule has 0 amide bonds. The molecule has 2 aliphatic heterocycles. The number of sulfonamides is 1. The maximum absolute atomic E-state index is 12.4. The summed E-state index contributed by atoms with van der Waals surface area (Å²) in [5.74, 6) is 1.33. The van der Waals surface area contributed by atoms with Crippen LogP contribution in [-0.2, 0) is 15.4 Å². The molecule has 0 radical (unpaired) electrons. The van der Waals surface area contributed by atoms with Gasteiger partial charge in [0.25, 0.3) is 0 Å². The van der Waals surface area contributed by atoms with E-state index in [2.05, 4.69) is 31.7 Å². The standard InChI is InChI=1S/C25H38N2O4S/c1-16-23(32(26,29)30)14-21(27(16)15-17-8-6-5-7-9-17)18-12-19-22(28)10-11-31-24(19)20(13-18)25(2,3)4/h12-14,16-17,22-23,28H,5-11,15H2,1-4H3,(H2,26,29,30). The van der Waals surface area contributed by atoms with Gasteiger partial charge >= 0.3 is 0 Å². The van der Waals surface area contributed by atoms with Crippen LogP contribution < -0.4 is 9.88 Å². The van der Waals surface area contributed by atoms with Crippen molar-refractivity contribution >= 4 is 15.7 Å². The minimum atomic E-state index is -3.73. The zero-order valence-electron chi connectivity index (χ0n) is 19.8. The summed E-state index contributed by atoms with van der Waals surface area (Å²) in [5, 5.41) is 15.7. The molecule has 3 N–H and O–H groups in total. The van der Waals surface area contributed by atoms with Crippen LogP contribution in [0.1, 0.15) is 89.0 Å². The van der Waals surface area contributed by atoms with Crippen molar-refractivity contribution in [2.24, 2.45) is 11.1 Å². The zero-order valence-corrected chi connectivity index (χ0v) is 20.6. The Balaban J connectivity index is 1.81. The maximum atomic E-state index is 12.4. The van der Waals surface area contributed by atoms with Crippen LogP contribution >= 0.6 is 0 Å². The van der Waals surface area contributed by atoms with Gasteiger partial charge in [0.2, 0.25) is 10.0 Å². The summed E-state index contributed by atoms with van der Waals surface area (Å²) < 4.78 is 30.8. The molecule has 1 saturated carbocycles. The normalized spacial score (nSPS) is 27.1. The molecule has 1 fully saturated rings. The highest BCUT2D eigenvalue weighted by atomic mass is 32.2. The average molecular weight is 463 g/mol. The highest BCUT2D eigenvalue weighted by Crippen LogP contribution is 2.44. The minimum absolute atomic E-state index is 0.185. The van der Waals surface area contributed by atoms with E-state index in [0.717, 1.165) is 34.7 Å². The first-order valence-corrected chi connectivity index (χ1v) is 13.6. The number of aliphatic hydroxyl groups is 1. The fraction of sp³-hybridized carbons (Fsp3) is 0.680. The van der Waals surface area contributed by atoms with E-state index in [0.29, 0.717) is 18.9 Å². The van der Waals surface area contributed by atoms with Crippen LogP contribution in [0.5, 0.6) is 5.75 Å². The predicted molar refractivity (Wildman–Crippen MR) is 128 cm³/mol. The zero-order chi connectivity index (χ0) is 23.3. The number of hydrogen-bond donors (Lipinski definition) is 2. The number of hydrogen-bond acceptors (Lipinski definition) is 5. The van der Waals surface area contributed by atoms with Crippen LogP contribution in [0.2, 0.25) is 0 Å². The van der Waals surface area contributed by atoms with E-state index >= 15 is 0 Å². The molecular weight excluding hydrogens is 424 g/mol. The van der Waals surface area contributed by atoms with E-state index in [1.165, 1.54) is 32.1 Å². The third-order valence-electron chi connectivity index (χ3n) is 7.38. The first-order valence-electron chi connectivity index (χ1n) is 12.0. The summed E-state index contributed by atoms with van der Waals surface area (Å²) in [5.41, 5.74) is 3.49. The number of rotatable bonds is 4. The van der Waals surface area contributed by atoms with Crippen LogP contribution in [-0.4, -0.2) is 42.9 Å². The lowest BCUT2D eigenvalue weighted by Gasteiger charge is -2.36. The smallest absolute Gasteiger partial charge is 0.217 e. The highest BCUT2D eigenvalue weighted by Gasteiger charge is 2.40. The molecule has 3 aliphatic rings. The number of ether oxygens (including phenoxy) is 1. The van der Waals surface area contributed by atoms with Gasteiger partial charge in [0, 0.05) is 35.8 Å². The summed E-state index contributed by atoms with van der Waals surface area (Å²) >= 11 is 0. The van der Waals surface area contributed by atoms with E-state index in [-0.39, 0.29) is 11.5 Å². The molecule has 1 aromatic rings. The quantitative estimate of drug-likeness (QED) is 0.703. The van der Waals surface area contributed by atoms with E-state index in [4.69, 9.17) is 9.88 Å². The Morgan fingerprint density at radius 1 is 1.16 bits per heavy atom. The van der Waals surface area contributed by atoms with Crippen LogP contribution in [0.4, 0.5) is 0 Å². The molecule has 0 spiro atoms. The summed E-state index contributed by atoms with van der Waals surface area (Å²) in [7, 11) is -3.73. The number of aliphatic hydroxyl groups excluding tert-OH is 1. The van der Waals surface area contributed by atoms with Gasteiger partial charge in [-0.05, 0) is 54.9 Å². The van der Waals surface area contributed by atoms with Crippen LogP contribution in [0.3, 0.4) is 0 Å². The summed E-state index contributed by atoms with van der Waals surface area (Å²) in [6, 6.07) is 3.89. The lowest BCUT2D eigenvalue weighted by Crippen LogP contribution is -2.42. The van der Waals surface area contributed by atoms with Gasteiger partial charge in [0.15, 0.2) is 0 Å². The highest BCUT2D eigenvalue weighted by molar-refractivity contribution is 7.90. The van der Waals surface area contributed by atoms with Gasteiger partial charge in [0.1, 0.15) is 11.0 Å². The van der Waals surface area contributed by atoms with Crippen molar-refractivity contribution in [3.8, 4) is 5.75 Å². The average Bonchev–Trinajstić information content (AvgIpc) is 3.04. The third kappa shape index (κ3) is 4.57. The van der Waals surface area contributed by atoms with Crippen molar-refractivity contribution in [2.45, 2.75) is 89.0 Å². The molecule has 1 aliphatic carbocycles. The Morgan fingerprint density at radius 3 is 2.47 bits per heavy atom. The van der Waals surface area contributed by atoms with Crippen molar-refractivity contribution in [3.05, 3.63) is 34.9 Å². The van der Waals surface area contributed by atoms with Gasteiger partial charge in [-0.25, -0.2) is 13.6 Å². The lowest BCUT2D eigenvalue weighted by atomic mass is 9.82. The second kappa shape index (κ2) is 8.65. The molecule has 0 aromatic heterocycles. The first-order chi connectivity index (χ1) is 15.0. The Hall–Kier alpha value is -1.57. The lowest BCUT2D eigenvalue weighted by molar-refractivity contribution is 0.114. The second-order valence-electron chi connectivity index (χ2n) is 10.8. The predicted octanol–water partition coefficient (Wildman–Crippen LogP) is 4.08. The molecule has 2 heterocycles. The van der Waals surface area contributed by atoms with Gasteiger partial charge in [-0.1, -0.05) is 40.0 Å². The van der Waals surface area contributed by atoms with Crippen molar-refractivity contribution < 1.29 is 18.3 Å². The summed E-state index contributed by atoms with van der Waals surface area (Å²) in [6.45, 7) is 9.69. The summed E-state index contributed by atoms with van der Waals surface area (Å²) in [6.07, 6.45) is 7.92. The molecule has 178 valence electrons.